The summed E-state index contributed by atoms with van der Waals surface area (Å²) in [7, 11) is 1.55. The zero-order chi connectivity index (χ0) is 26.4. The molecule has 10 nitrogen and oxygen atoms in total. The van der Waals surface area contributed by atoms with Gasteiger partial charge in [-0.3, -0.25) is 9.59 Å². The van der Waals surface area contributed by atoms with Crippen LogP contribution in [0.2, 0.25) is 0 Å². The number of nitrogens with zero attached hydrogens (tertiary/aromatic N) is 3. The Labute approximate surface area is 217 Å². The molecule has 0 radical (unpaired) electrons. The zero-order valence-corrected chi connectivity index (χ0v) is 21.7. The van der Waals surface area contributed by atoms with Gasteiger partial charge in [-0.2, -0.15) is 0 Å². The van der Waals surface area contributed by atoms with E-state index in [1.54, 1.807) is 53.3 Å². The number of hydrogen-bond donors (Lipinski definition) is 2. The van der Waals surface area contributed by atoms with Crippen LogP contribution in [-0.2, 0) is 4.74 Å². The number of anilines is 2. The van der Waals surface area contributed by atoms with E-state index in [9.17, 15) is 14.4 Å². The standard InChI is InChI=1S/C27H35N5O5/c1-19(2)28-27(35)32-11-9-30(10-12-32)24-8-7-21(18-23(24)26(34)31-13-15-37-16-14-31)29-25(33)20-5-4-6-22(17-20)36-3/h4-8,17-19H,9-16H2,1-3H3,(H,28,35)(H,29,33). The fraction of sp³-hybridized carbons (Fsp3) is 0.444. The molecule has 2 heterocycles. The molecule has 2 aliphatic heterocycles. The molecule has 2 saturated heterocycles. The summed E-state index contributed by atoms with van der Waals surface area (Å²) in [5, 5.41) is 5.84. The normalized spacial score (nSPS) is 15.9. The molecule has 2 aromatic rings. The summed E-state index contributed by atoms with van der Waals surface area (Å²) >= 11 is 0. The molecule has 198 valence electrons. The number of benzene rings is 2. The van der Waals surface area contributed by atoms with Crippen LogP contribution in [0.3, 0.4) is 0 Å². The molecular weight excluding hydrogens is 474 g/mol. The molecule has 4 rings (SSSR count). The third-order valence-corrected chi connectivity index (χ3v) is 6.43. The summed E-state index contributed by atoms with van der Waals surface area (Å²) in [4.78, 5) is 44.6. The quantitative estimate of drug-likeness (QED) is 0.621. The Balaban J connectivity index is 1.55. The van der Waals surface area contributed by atoms with Crippen molar-refractivity contribution in [1.82, 2.24) is 15.1 Å². The zero-order valence-electron chi connectivity index (χ0n) is 21.7. The average Bonchev–Trinajstić information content (AvgIpc) is 2.93. The summed E-state index contributed by atoms with van der Waals surface area (Å²) < 4.78 is 10.6. The molecule has 37 heavy (non-hydrogen) atoms. The lowest BCUT2D eigenvalue weighted by atomic mass is 10.1. The Morgan fingerprint density at radius 1 is 0.919 bits per heavy atom. The number of methoxy groups -OCH3 is 1. The van der Waals surface area contributed by atoms with E-state index in [0.717, 1.165) is 5.69 Å². The fourth-order valence-corrected chi connectivity index (χ4v) is 4.45. The number of rotatable bonds is 6. The molecule has 0 aromatic heterocycles. The van der Waals surface area contributed by atoms with Crippen LogP contribution in [-0.4, -0.2) is 93.3 Å². The molecule has 0 spiro atoms. The molecule has 0 saturated carbocycles. The molecule has 10 heteroatoms. The van der Waals surface area contributed by atoms with Gasteiger partial charge >= 0.3 is 6.03 Å². The second kappa shape index (κ2) is 12.0. The first-order chi connectivity index (χ1) is 17.9. The van der Waals surface area contributed by atoms with Gasteiger partial charge in [-0.15, -0.1) is 0 Å². The van der Waals surface area contributed by atoms with Gasteiger partial charge in [0.1, 0.15) is 5.75 Å². The van der Waals surface area contributed by atoms with Gasteiger partial charge in [0.05, 0.1) is 25.9 Å². The molecule has 0 bridgehead atoms. The number of hydrogen-bond acceptors (Lipinski definition) is 6. The van der Waals surface area contributed by atoms with E-state index in [2.05, 4.69) is 15.5 Å². The lowest BCUT2D eigenvalue weighted by Gasteiger charge is -2.37. The number of morpholine rings is 1. The van der Waals surface area contributed by atoms with E-state index in [1.165, 1.54) is 0 Å². The Kier molecular flexibility index (Phi) is 8.50. The molecule has 0 unspecified atom stereocenters. The predicted molar refractivity (Wildman–Crippen MR) is 142 cm³/mol. The highest BCUT2D eigenvalue weighted by Crippen LogP contribution is 2.28. The van der Waals surface area contributed by atoms with Crippen molar-refractivity contribution < 1.29 is 23.9 Å². The summed E-state index contributed by atoms with van der Waals surface area (Å²) in [5.41, 5.74) is 2.30. The second-order valence-electron chi connectivity index (χ2n) is 9.40. The van der Waals surface area contributed by atoms with E-state index in [4.69, 9.17) is 9.47 Å². The number of carbonyl (C=O) groups excluding carboxylic acids is 3. The first kappa shape index (κ1) is 26.3. The van der Waals surface area contributed by atoms with Gasteiger partial charge in [0.2, 0.25) is 0 Å². The number of nitrogens with one attached hydrogen (secondary N) is 2. The van der Waals surface area contributed by atoms with E-state index >= 15 is 0 Å². The number of amides is 4. The summed E-state index contributed by atoms with van der Waals surface area (Å²) in [6, 6.07) is 12.3. The monoisotopic (exact) mass is 509 g/mol. The third-order valence-electron chi connectivity index (χ3n) is 6.43. The molecule has 2 N–H and O–H groups in total. The Morgan fingerprint density at radius 3 is 2.32 bits per heavy atom. The van der Waals surface area contributed by atoms with E-state index in [-0.39, 0.29) is 23.9 Å². The summed E-state index contributed by atoms with van der Waals surface area (Å²) in [6.07, 6.45) is 0. The molecule has 2 fully saturated rings. The molecular formula is C27H35N5O5. The molecule has 0 atom stereocenters. The van der Waals surface area contributed by atoms with Gasteiger partial charge in [-0.25, -0.2) is 4.79 Å². The fourth-order valence-electron chi connectivity index (χ4n) is 4.45. The topological polar surface area (TPSA) is 103 Å². The maximum Gasteiger partial charge on any atom is 0.317 e. The SMILES string of the molecule is COc1cccc(C(=O)Nc2ccc(N3CCN(C(=O)NC(C)C)CC3)c(C(=O)N3CCOCC3)c2)c1. The highest BCUT2D eigenvalue weighted by atomic mass is 16.5. The number of urea groups is 1. The number of piperazine rings is 1. The Hall–Kier alpha value is -3.79. The van der Waals surface area contributed by atoms with Gasteiger partial charge in [-0.05, 0) is 50.2 Å². The van der Waals surface area contributed by atoms with Crippen molar-refractivity contribution in [2.24, 2.45) is 0 Å². The van der Waals surface area contributed by atoms with Crippen LogP contribution < -0.4 is 20.3 Å². The third kappa shape index (κ3) is 6.51. The van der Waals surface area contributed by atoms with Crippen molar-refractivity contribution in [3.05, 3.63) is 53.6 Å². The van der Waals surface area contributed by atoms with Crippen molar-refractivity contribution in [2.75, 3.05) is 69.8 Å². The Bertz CT molecular complexity index is 1120. The van der Waals surface area contributed by atoms with Crippen molar-refractivity contribution in [1.29, 1.82) is 0 Å². The van der Waals surface area contributed by atoms with E-state index in [1.807, 2.05) is 19.9 Å². The van der Waals surface area contributed by atoms with Crippen molar-refractivity contribution in [2.45, 2.75) is 19.9 Å². The van der Waals surface area contributed by atoms with Crippen LogP contribution in [0.4, 0.5) is 16.2 Å². The molecule has 2 aliphatic rings. The van der Waals surface area contributed by atoms with Crippen LogP contribution in [0.5, 0.6) is 5.75 Å². The highest BCUT2D eigenvalue weighted by Gasteiger charge is 2.27. The lowest BCUT2D eigenvalue weighted by molar-refractivity contribution is 0.0303. The summed E-state index contributed by atoms with van der Waals surface area (Å²) in [5.74, 6) is 0.198. The largest absolute Gasteiger partial charge is 0.497 e. The van der Waals surface area contributed by atoms with Gasteiger partial charge in [0.15, 0.2) is 0 Å². The highest BCUT2D eigenvalue weighted by molar-refractivity contribution is 6.06. The van der Waals surface area contributed by atoms with Crippen LogP contribution in [0.1, 0.15) is 34.6 Å². The van der Waals surface area contributed by atoms with Crippen molar-refractivity contribution in [3.8, 4) is 5.75 Å². The molecule has 0 aliphatic carbocycles. The van der Waals surface area contributed by atoms with Gasteiger partial charge < -0.3 is 34.8 Å². The van der Waals surface area contributed by atoms with Gasteiger partial charge in [-0.1, -0.05) is 6.07 Å². The number of carbonyl (C=O) groups is 3. The maximum absolute atomic E-state index is 13.6. The van der Waals surface area contributed by atoms with Crippen LogP contribution >= 0.6 is 0 Å². The van der Waals surface area contributed by atoms with Crippen LogP contribution in [0.15, 0.2) is 42.5 Å². The maximum atomic E-state index is 13.6. The van der Waals surface area contributed by atoms with E-state index < -0.39 is 0 Å². The van der Waals surface area contributed by atoms with Gasteiger partial charge in [0.25, 0.3) is 11.8 Å². The number of ether oxygens (including phenoxy) is 2. The first-order valence-electron chi connectivity index (χ1n) is 12.6. The minimum Gasteiger partial charge on any atom is -0.497 e. The van der Waals surface area contributed by atoms with Crippen molar-refractivity contribution >= 4 is 29.2 Å². The first-order valence-corrected chi connectivity index (χ1v) is 12.6. The summed E-state index contributed by atoms with van der Waals surface area (Å²) in [6.45, 7) is 8.21. The van der Waals surface area contributed by atoms with Gasteiger partial charge in [0, 0.05) is 62.2 Å². The molecule has 4 amide bonds. The van der Waals surface area contributed by atoms with Crippen LogP contribution in [0, 0.1) is 0 Å². The van der Waals surface area contributed by atoms with Crippen molar-refractivity contribution in [3.63, 3.8) is 0 Å². The minimum atomic E-state index is -0.291. The lowest BCUT2D eigenvalue weighted by Crippen LogP contribution is -2.53. The van der Waals surface area contributed by atoms with Crippen LogP contribution in [0.25, 0.3) is 0 Å². The predicted octanol–water partition coefficient (Wildman–Crippen LogP) is 2.66. The average molecular weight is 510 g/mol. The Morgan fingerprint density at radius 2 is 1.65 bits per heavy atom. The molecule has 2 aromatic carbocycles. The smallest absolute Gasteiger partial charge is 0.317 e. The minimum absolute atomic E-state index is 0.0722. The second-order valence-corrected chi connectivity index (χ2v) is 9.40. The van der Waals surface area contributed by atoms with E-state index in [0.29, 0.717) is 75.0 Å².